The molecular formula is C21H30N2O5S. The molecule has 0 unspecified atom stereocenters. The second kappa shape index (κ2) is 9.26. The topological polar surface area (TPSA) is 84.0 Å². The highest BCUT2D eigenvalue weighted by molar-refractivity contribution is 7.89. The van der Waals surface area contributed by atoms with Crippen molar-refractivity contribution in [3.63, 3.8) is 0 Å². The van der Waals surface area contributed by atoms with Crippen molar-refractivity contribution in [3.8, 4) is 0 Å². The van der Waals surface area contributed by atoms with Crippen LogP contribution in [-0.4, -0.2) is 61.8 Å². The Labute approximate surface area is 173 Å². The van der Waals surface area contributed by atoms with Crippen LogP contribution in [0, 0.1) is 5.92 Å². The van der Waals surface area contributed by atoms with Crippen molar-refractivity contribution in [2.24, 2.45) is 5.92 Å². The smallest absolute Gasteiger partial charge is 0.338 e. The van der Waals surface area contributed by atoms with Crippen LogP contribution in [0.4, 0.5) is 0 Å². The summed E-state index contributed by atoms with van der Waals surface area (Å²) in [5, 5.41) is 0. The number of likely N-dealkylation sites (tertiary alicyclic amines) is 1. The summed E-state index contributed by atoms with van der Waals surface area (Å²) in [7, 11) is -3.67. The van der Waals surface area contributed by atoms with Crippen LogP contribution in [0.5, 0.6) is 0 Å². The third-order valence-electron chi connectivity index (χ3n) is 5.75. The zero-order chi connectivity index (χ0) is 21.0. The fraction of sp³-hybridized carbons (Fsp3) is 0.619. The zero-order valence-electron chi connectivity index (χ0n) is 17.2. The molecule has 0 saturated carbocycles. The summed E-state index contributed by atoms with van der Waals surface area (Å²) in [4.78, 5) is 26.5. The van der Waals surface area contributed by atoms with Gasteiger partial charge in [0.15, 0.2) is 6.61 Å². The maximum absolute atomic E-state index is 13.0. The lowest BCUT2D eigenvalue weighted by atomic mass is 10.0. The summed E-state index contributed by atoms with van der Waals surface area (Å²) >= 11 is 0. The lowest BCUT2D eigenvalue weighted by Crippen LogP contribution is -2.42. The summed E-state index contributed by atoms with van der Waals surface area (Å²) in [5.41, 5.74) is 0.135. The first-order valence-corrected chi connectivity index (χ1v) is 11.8. The molecule has 2 atom stereocenters. The van der Waals surface area contributed by atoms with E-state index in [4.69, 9.17) is 4.74 Å². The monoisotopic (exact) mass is 422 g/mol. The van der Waals surface area contributed by atoms with E-state index in [1.807, 2.05) is 6.92 Å². The van der Waals surface area contributed by atoms with Crippen LogP contribution in [0.25, 0.3) is 0 Å². The highest BCUT2D eigenvalue weighted by atomic mass is 32.2. The number of piperidine rings is 2. The van der Waals surface area contributed by atoms with E-state index in [0.29, 0.717) is 25.6 Å². The molecule has 0 spiro atoms. The SMILES string of the molecule is C[C@@H]1CCCN(C(=O)COC(=O)c2cccc(S(=O)(=O)N3CCCC[C@@H]3C)c2)C1. The second-order valence-electron chi connectivity index (χ2n) is 8.15. The Morgan fingerprint density at radius 1 is 1.10 bits per heavy atom. The average molecular weight is 423 g/mol. The molecule has 8 heteroatoms. The molecule has 2 fully saturated rings. The average Bonchev–Trinajstić information content (AvgIpc) is 2.72. The van der Waals surface area contributed by atoms with Gasteiger partial charge in [0.05, 0.1) is 10.5 Å². The quantitative estimate of drug-likeness (QED) is 0.681. The first kappa shape index (κ1) is 21.8. The molecule has 2 saturated heterocycles. The van der Waals surface area contributed by atoms with Crippen molar-refractivity contribution in [3.05, 3.63) is 29.8 Å². The van der Waals surface area contributed by atoms with E-state index in [1.165, 1.54) is 28.6 Å². The summed E-state index contributed by atoms with van der Waals surface area (Å²) in [6.07, 6.45) is 4.74. The van der Waals surface area contributed by atoms with Crippen LogP contribution in [0.3, 0.4) is 0 Å². The number of nitrogens with zero attached hydrogens (tertiary/aromatic N) is 2. The molecule has 7 nitrogen and oxygen atoms in total. The number of hydrogen-bond donors (Lipinski definition) is 0. The zero-order valence-corrected chi connectivity index (χ0v) is 18.0. The van der Waals surface area contributed by atoms with Crippen LogP contribution in [0.1, 0.15) is 56.3 Å². The van der Waals surface area contributed by atoms with Gasteiger partial charge in [0, 0.05) is 25.7 Å². The highest BCUT2D eigenvalue weighted by Gasteiger charge is 2.31. The first-order chi connectivity index (χ1) is 13.8. The Morgan fingerprint density at radius 2 is 1.90 bits per heavy atom. The van der Waals surface area contributed by atoms with Crippen molar-refractivity contribution in [2.45, 2.75) is 56.9 Å². The van der Waals surface area contributed by atoms with Gasteiger partial charge < -0.3 is 9.64 Å². The first-order valence-electron chi connectivity index (χ1n) is 10.4. The number of hydrogen-bond acceptors (Lipinski definition) is 5. The number of rotatable bonds is 5. The van der Waals surface area contributed by atoms with E-state index in [1.54, 1.807) is 4.90 Å². The number of sulfonamides is 1. The summed E-state index contributed by atoms with van der Waals surface area (Å²) < 4.78 is 32.7. The Kier molecular flexibility index (Phi) is 6.95. The van der Waals surface area contributed by atoms with Gasteiger partial charge >= 0.3 is 5.97 Å². The van der Waals surface area contributed by atoms with Crippen molar-refractivity contribution in [1.29, 1.82) is 0 Å². The molecule has 0 aliphatic carbocycles. The Balaban J connectivity index is 1.65. The Hall–Kier alpha value is -1.93. The van der Waals surface area contributed by atoms with E-state index in [9.17, 15) is 18.0 Å². The molecule has 0 aromatic heterocycles. The van der Waals surface area contributed by atoms with E-state index in [0.717, 1.165) is 32.1 Å². The highest BCUT2D eigenvalue weighted by Crippen LogP contribution is 2.25. The van der Waals surface area contributed by atoms with Crippen LogP contribution in [-0.2, 0) is 19.6 Å². The Bertz CT molecular complexity index is 854. The number of carbonyl (C=O) groups is 2. The Morgan fingerprint density at radius 3 is 2.62 bits per heavy atom. The van der Waals surface area contributed by atoms with Crippen molar-refractivity contribution < 1.29 is 22.7 Å². The number of esters is 1. The minimum Gasteiger partial charge on any atom is -0.452 e. The molecule has 0 N–H and O–H groups in total. The van der Waals surface area contributed by atoms with Crippen molar-refractivity contribution >= 4 is 21.9 Å². The predicted octanol–water partition coefficient (Wildman–Crippen LogP) is 2.67. The minimum absolute atomic E-state index is 0.0612. The largest absolute Gasteiger partial charge is 0.452 e. The summed E-state index contributed by atoms with van der Waals surface area (Å²) in [6, 6.07) is 5.81. The number of carbonyl (C=O) groups excluding carboxylic acids is 2. The van der Waals surface area contributed by atoms with Gasteiger partial charge in [-0.3, -0.25) is 4.79 Å². The molecule has 2 heterocycles. The maximum atomic E-state index is 13.0. The number of amides is 1. The van der Waals surface area contributed by atoms with E-state index >= 15 is 0 Å². The molecule has 1 amide bonds. The third-order valence-corrected chi connectivity index (χ3v) is 7.76. The maximum Gasteiger partial charge on any atom is 0.338 e. The fourth-order valence-corrected chi connectivity index (χ4v) is 5.81. The van der Waals surface area contributed by atoms with E-state index < -0.39 is 16.0 Å². The molecule has 2 aliphatic rings. The van der Waals surface area contributed by atoms with Gasteiger partial charge in [0.2, 0.25) is 10.0 Å². The molecule has 1 aromatic carbocycles. The van der Waals surface area contributed by atoms with E-state index in [2.05, 4.69) is 6.92 Å². The predicted molar refractivity (Wildman–Crippen MR) is 109 cm³/mol. The molecular weight excluding hydrogens is 392 g/mol. The standard InChI is InChI=1S/C21H30N2O5S/c1-16-7-6-11-22(14-16)20(24)15-28-21(25)18-9-5-10-19(13-18)29(26,27)23-12-4-3-8-17(23)2/h5,9-10,13,16-17H,3-4,6-8,11-12,14-15H2,1-2H3/t16-,17+/m1/s1. The minimum atomic E-state index is -3.67. The summed E-state index contributed by atoms with van der Waals surface area (Å²) in [6.45, 7) is 5.52. The van der Waals surface area contributed by atoms with Gasteiger partial charge in [0.1, 0.15) is 0 Å². The van der Waals surface area contributed by atoms with Gasteiger partial charge in [-0.25, -0.2) is 13.2 Å². The van der Waals surface area contributed by atoms with Gasteiger partial charge in [-0.15, -0.1) is 0 Å². The molecule has 29 heavy (non-hydrogen) atoms. The number of benzene rings is 1. The molecule has 160 valence electrons. The normalized spacial score (nSPS) is 23.6. The lowest BCUT2D eigenvalue weighted by Gasteiger charge is -2.32. The van der Waals surface area contributed by atoms with Gasteiger partial charge in [0.25, 0.3) is 5.91 Å². The molecule has 3 rings (SSSR count). The van der Waals surface area contributed by atoms with Crippen LogP contribution < -0.4 is 0 Å². The van der Waals surface area contributed by atoms with Gasteiger partial charge in [-0.2, -0.15) is 4.31 Å². The summed E-state index contributed by atoms with van der Waals surface area (Å²) in [5.74, 6) is -0.453. The molecule has 0 radical (unpaired) electrons. The van der Waals surface area contributed by atoms with Crippen LogP contribution >= 0.6 is 0 Å². The van der Waals surface area contributed by atoms with E-state index in [-0.39, 0.29) is 29.0 Å². The van der Waals surface area contributed by atoms with Gasteiger partial charge in [-0.1, -0.05) is 19.4 Å². The second-order valence-corrected chi connectivity index (χ2v) is 10.0. The lowest BCUT2D eigenvalue weighted by molar-refractivity contribution is -0.136. The molecule has 1 aromatic rings. The van der Waals surface area contributed by atoms with Gasteiger partial charge in [-0.05, 0) is 56.7 Å². The van der Waals surface area contributed by atoms with Crippen molar-refractivity contribution in [1.82, 2.24) is 9.21 Å². The van der Waals surface area contributed by atoms with Crippen molar-refractivity contribution in [2.75, 3.05) is 26.2 Å². The number of ether oxygens (including phenoxy) is 1. The van der Waals surface area contributed by atoms with Crippen LogP contribution in [0.2, 0.25) is 0 Å². The third kappa shape index (κ3) is 5.17. The molecule has 0 bridgehead atoms. The molecule has 2 aliphatic heterocycles. The fourth-order valence-electron chi connectivity index (χ4n) is 4.07. The van der Waals surface area contributed by atoms with Crippen LogP contribution in [0.15, 0.2) is 29.2 Å².